The Labute approximate surface area is 146 Å². The number of halogens is 1. The Bertz CT molecular complexity index is 715. The topological polar surface area (TPSA) is 47.6 Å². The van der Waals surface area contributed by atoms with Gasteiger partial charge in [-0.25, -0.2) is 0 Å². The second-order valence-electron chi connectivity index (χ2n) is 5.82. The summed E-state index contributed by atoms with van der Waals surface area (Å²) >= 11 is 5.86. The third-order valence-corrected chi connectivity index (χ3v) is 4.25. The van der Waals surface area contributed by atoms with E-state index in [2.05, 4.69) is 5.32 Å². The molecule has 0 spiro atoms. The molecule has 1 atom stereocenters. The number of hydrogen-bond acceptors (Lipinski definition) is 3. The number of aryl methyl sites for hydroxylation is 1. The van der Waals surface area contributed by atoms with E-state index in [1.54, 1.807) is 0 Å². The van der Waals surface area contributed by atoms with Crippen LogP contribution in [0.4, 0.5) is 0 Å². The van der Waals surface area contributed by atoms with E-state index in [0.29, 0.717) is 31.1 Å². The lowest BCUT2D eigenvalue weighted by Crippen LogP contribution is -2.27. The van der Waals surface area contributed by atoms with Crippen LogP contribution in [-0.4, -0.2) is 19.1 Å². The summed E-state index contributed by atoms with van der Waals surface area (Å²) in [6.45, 7) is 3.09. The van der Waals surface area contributed by atoms with Crippen molar-refractivity contribution in [3.05, 3.63) is 58.6 Å². The van der Waals surface area contributed by atoms with E-state index in [9.17, 15) is 4.79 Å². The number of rotatable bonds is 5. The third kappa shape index (κ3) is 4.20. The Kier molecular flexibility index (Phi) is 5.26. The lowest BCUT2D eigenvalue weighted by atomic mass is 10.1. The van der Waals surface area contributed by atoms with Crippen LogP contribution in [0.25, 0.3) is 0 Å². The summed E-state index contributed by atoms with van der Waals surface area (Å²) in [6, 6.07) is 13.3. The van der Waals surface area contributed by atoms with Gasteiger partial charge in [0, 0.05) is 11.4 Å². The Hall–Kier alpha value is -2.20. The van der Waals surface area contributed by atoms with Gasteiger partial charge in [0.2, 0.25) is 5.91 Å². The zero-order valence-corrected chi connectivity index (χ0v) is 14.3. The fourth-order valence-electron chi connectivity index (χ4n) is 2.64. The molecule has 1 amide bonds. The highest BCUT2D eigenvalue weighted by Gasteiger charge is 2.15. The van der Waals surface area contributed by atoms with Crippen LogP contribution in [0.3, 0.4) is 0 Å². The molecule has 2 aromatic carbocycles. The fourth-order valence-corrected chi connectivity index (χ4v) is 2.76. The van der Waals surface area contributed by atoms with Gasteiger partial charge in [0.1, 0.15) is 13.2 Å². The van der Waals surface area contributed by atoms with Gasteiger partial charge in [0.25, 0.3) is 0 Å². The highest BCUT2D eigenvalue weighted by atomic mass is 35.5. The van der Waals surface area contributed by atoms with Crippen LogP contribution in [0.5, 0.6) is 11.5 Å². The highest BCUT2D eigenvalue weighted by molar-refractivity contribution is 6.30. The van der Waals surface area contributed by atoms with E-state index < -0.39 is 0 Å². The number of amides is 1. The fraction of sp³-hybridized carbons (Fsp3) is 0.316. The zero-order valence-electron chi connectivity index (χ0n) is 13.5. The predicted molar refractivity (Wildman–Crippen MR) is 93.8 cm³/mol. The molecule has 1 N–H and O–H groups in total. The number of hydrogen-bond donors (Lipinski definition) is 1. The molecule has 0 saturated heterocycles. The third-order valence-electron chi connectivity index (χ3n) is 4.00. The molecule has 3 rings (SSSR count). The van der Waals surface area contributed by atoms with E-state index in [4.69, 9.17) is 21.1 Å². The standard InChI is InChI=1S/C19H20ClNO3/c1-13(15-5-8-17-18(12-15)24-11-10-23-17)21-19(22)9-4-14-2-6-16(20)7-3-14/h2-3,5-8,12-13H,4,9-11H2,1H3,(H,21,22). The summed E-state index contributed by atoms with van der Waals surface area (Å²) in [5.74, 6) is 1.51. The van der Waals surface area contributed by atoms with Crippen molar-refractivity contribution in [3.63, 3.8) is 0 Å². The highest BCUT2D eigenvalue weighted by Crippen LogP contribution is 2.32. The maximum Gasteiger partial charge on any atom is 0.220 e. The van der Waals surface area contributed by atoms with E-state index in [1.165, 1.54) is 0 Å². The smallest absolute Gasteiger partial charge is 0.220 e. The van der Waals surface area contributed by atoms with Gasteiger partial charge in [-0.3, -0.25) is 4.79 Å². The van der Waals surface area contributed by atoms with Gasteiger partial charge in [-0.1, -0.05) is 29.8 Å². The van der Waals surface area contributed by atoms with Crippen molar-refractivity contribution in [3.8, 4) is 11.5 Å². The first-order valence-electron chi connectivity index (χ1n) is 8.05. The summed E-state index contributed by atoms with van der Waals surface area (Å²) in [7, 11) is 0. The number of carbonyl (C=O) groups excluding carboxylic acids is 1. The zero-order chi connectivity index (χ0) is 16.9. The first-order chi connectivity index (χ1) is 11.6. The molecule has 0 aliphatic carbocycles. The van der Waals surface area contributed by atoms with Crippen molar-refractivity contribution in [2.75, 3.05) is 13.2 Å². The molecular formula is C19H20ClNO3. The first-order valence-corrected chi connectivity index (χ1v) is 8.43. The van der Waals surface area contributed by atoms with Crippen LogP contribution in [-0.2, 0) is 11.2 Å². The van der Waals surface area contributed by atoms with Gasteiger partial charge >= 0.3 is 0 Å². The van der Waals surface area contributed by atoms with Crippen molar-refractivity contribution >= 4 is 17.5 Å². The maximum atomic E-state index is 12.2. The second kappa shape index (κ2) is 7.58. The largest absolute Gasteiger partial charge is 0.486 e. The molecule has 0 radical (unpaired) electrons. The van der Waals surface area contributed by atoms with Crippen LogP contribution in [0.2, 0.25) is 5.02 Å². The van der Waals surface area contributed by atoms with Crippen LogP contribution in [0.1, 0.15) is 30.5 Å². The van der Waals surface area contributed by atoms with E-state index in [1.807, 2.05) is 49.4 Å². The van der Waals surface area contributed by atoms with Crippen molar-refractivity contribution in [1.29, 1.82) is 0 Å². The number of ether oxygens (including phenoxy) is 2. The Morgan fingerprint density at radius 1 is 1.12 bits per heavy atom. The number of benzene rings is 2. The van der Waals surface area contributed by atoms with Gasteiger partial charge in [-0.05, 0) is 48.7 Å². The average Bonchev–Trinajstić information content (AvgIpc) is 2.61. The van der Waals surface area contributed by atoms with Gasteiger partial charge in [0.05, 0.1) is 6.04 Å². The van der Waals surface area contributed by atoms with E-state index in [0.717, 1.165) is 22.6 Å². The molecule has 2 aromatic rings. The van der Waals surface area contributed by atoms with Crippen molar-refractivity contribution in [2.24, 2.45) is 0 Å². The molecule has 0 aromatic heterocycles. The average molecular weight is 346 g/mol. The molecule has 0 fully saturated rings. The number of carbonyl (C=O) groups is 1. The lowest BCUT2D eigenvalue weighted by molar-refractivity contribution is -0.121. The maximum absolute atomic E-state index is 12.2. The number of fused-ring (bicyclic) bond motifs is 1. The Balaban J connectivity index is 1.55. The molecule has 4 nitrogen and oxygen atoms in total. The van der Waals surface area contributed by atoms with E-state index >= 15 is 0 Å². The van der Waals surface area contributed by atoms with Crippen LogP contribution >= 0.6 is 11.6 Å². The van der Waals surface area contributed by atoms with Gasteiger partial charge in [-0.15, -0.1) is 0 Å². The SMILES string of the molecule is CC(NC(=O)CCc1ccc(Cl)cc1)c1ccc2c(c1)OCCO2. The van der Waals surface area contributed by atoms with Crippen molar-refractivity contribution in [2.45, 2.75) is 25.8 Å². The van der Waals surface area contributed by atoms with Gasteiger partial charge in [0.15, 0.2) is 11.5 Å². The first kappa shape index (κ1) is 16.7. The summed E-state index contributed by atoms with van der Waals surface area (Å²) in [6.07, 6.45) is 1.13. The normalized spacial score (nSPS) is 14.1. The molecule has 1 heterocycles. The minimum absolute atomic E-state index is 0.0207. The monoisotopic (exact) mass is 345 g/mol. The second-order valence-corrected chi connectivity index (χ2v) is 6.26. The summed E-state index contributed by atoms with van der Waals surface area (Å²) < 4.78 is 11.1. The van der Waals surface area contributed by atoms with E-state index in [-0.39, 0.29) is 11.9 Å². The number of nitrogens with one attached hydrogen (secondary N) is 1. The molecular weight excluding hydrogens is 326 g/mol. The summed E-state index contributed by atoms with van der Waals surface area (Å²) in [5, 5.41) is 3.73. The molecule has 126 valence electrons. The molecule has 24 heavy (non-hydrogen) atoms. The Morgan fingerprint density at radius 2 is 1.83 bits per heavy atom. The molecule has 0 saturated carbocycles. The molecule has 5 heteroatoms. The van der Waals surface area contributed by atoms with Crippen molar-refractivity contribution in [1.82, 2.24) is 5.32 Å². The molecule has 1 aliphatic rings. The Morgan fingerprint density at radius 3 is 2.58 bits per heavy atom. The predicted octanol–water partition coefficient (Wildman–Crippen LogP) is 3.92. The molecule has 1 unspecified atom stereocenters. The minimum atomic E-state index is -0.0847. The minimum Gasteiger partial charge on any atom is -0.486 e. The van der Waals surface area contributed by atoms with Gasteiger partial charge in [-0.2, -0.15) is 0 Å². The quantitative estimate of drug-likeness (QED) is 0.893. The van der Waals surface area contributed by atoms with Crippen LogP contribution in [0.15, 0.2) is 42.5 Å². The summed E-state index contributed by atoms with van der Waals surface area (Å²) in [4.78, 5) is 12.2. The molecule has 1 aliphatic heterocycles. The summed E-state index contributed by atoms with van der Waals surface area (Å²) in [5.41, 5.74) is 2.10. The van der Waals surface area contributed by atoms with Crippen molar-refractivity contribution < 1.29 is 14.3 Å². The van der Waals surface area contributed by atoms with Crippen LogP contribution < -0.4 is 14.8 Å². The lowest BCUT2D eigenvalue weighted by Gasteiger charge is -2.21. The van der Waals surface area contributed by atoms with Gasteiger partial charge < -0.3 is 14.8 Å². The van der Waals surface area contributed by atoms with Crippen LogP contribution in [0, 0.1) is 0 Å². The molecule has 0 bridgehead atoms.